The van der Waals surface area contributed by atoms with Gasteiger partial charge in [-0.1, -0.05) is 24.3 Å². The summed E-state index contributed by atoms with van der Waals surface area (Å²) in [4.78, 5) is 10.8. The molecular formula is C16H15FO4. The molecule has 2 aromatic rings. The van der Waals surface area contributed by atoms with Gasteiger partial charge in [0, 0.05) is 12.7 Å². The first-order valence-corrected chi connectivity index (χ1v) is 6.37. The lowest BCUT2D eigenvalue weighted by Gasteiger charge is -2.11. The van der Waals surface area contributed by atoms with E-state index in [9.17, 15) is 9.18 Å². The average molecular weight is 290 g/mol. The number of carboxylic acids is 1. The molecule has 0 heterocycles. The van der Waals surface area contributed by atoms with Crippen molar-refractivity contribution >= 4 is 5.97 Å². The number of ether oxygens (including phenoxy) is 2. The first-order chi connectivity index (χ1) is 10.1. The van der Waals surface area contributed by atoms with Gasteiger partial charge in [-0.2, -0.15) is 0 Å². The second kappa shape index (κ2) is 6.85. The Morgan fingerprint density at radius 2 is 1.95 bits per heavy atom. The van der Waals surface area contributed by atoms with Crippen LogP contribution in [-0.4, -0.2) is 31.4 Å². The largest absolute Gasteiger partial charge is 0.491 e. The molecule has 0 aromatic heterocycles. The highest BCUT2D eigenvalue weighted by molar-refractivity contribution is 5.89. The van der Waals surface area contributed by atoms with Crippen LogP contribution in [-0.2, 0) is 4.74 Å². The summed E-state index contributed by atoms with van der Waals surface area (Å²) in [5.74, 6) is -1.47. The van der Waals surface area contributed by atoms with Crippen LogP contribution in [0.2, 0.25) is 0 Å². The topological polar surface area (TPSA) is 55.8 Å². The van der Waals surface area contributed by atoms with Crippen molar-refractivity contribution in [2.24, 2.45) is 0 Å². The van der Waals surface area contributed by atoms with Crippen LogP contribution < -0.4 is 4.74 Å². The number of hydrogen-bond donors (Lipinski definition) is 1. The SMILES string of the molecule is COCCOc1ccccc1-c1ccc(C(=O)O)c(F)c1. The molecule has 0 saturated heterocycles. The van der Waals surface area contributed by atoms with Gasteiger partial charge in [-0.15, -0.1) is 0 Å². The zero-order valence-electron chi connectivity index (χ0n) is 11.5. The van der Waals surface area contributed by atoms with Crippen LogP contribution in [0.15, 0.2) is 42.5 Å². The smallest absolute Gasteiger partial charge is 0.338 e. The predicted molar refractivity (Wildman–Crippen MR) is 76.2 cm³/mol. The molecule has 0 aliphatic heterocycles. The lowest BCUT2D eigenvalue weighted by atomic mass is 10.0. The molecule has 0 saturated carbocycles. The third-order valence-corrected chi connectivity index (χ3v) is 2.94. The highest BCUT2D eigenvalue weighted by atomic mass is 19.1. The number of aromatic carboxylic acids is 1. The van der Waals surface area contributed by atoms with Crippen LogP contribution in [0.5, 0.6) is 5.75 Å². The van der Waals surface area contributed by atoms with Crippen LogP contribution in [0, 0.1) is 5.82 Å². The summed E-state index contributed by atoms with van der Waals surface area (Å²) in [6.45, 7) is 0.823. The van der Waals surface area contributed by atoms with Crippen molar-refractivity contribution in [3.05, 3.63) is 53.8 Å². The highest BCUT2D eigenvalue weighted by Gasteiger charge is 2.13. The van der Waals surface area contributed by atoms with Gasteiger partial charge in [0.15, 0.2) is 0 Å². The Balaban J connectivity index is 2.33. The number of carbonyl (C=O) groups is 1. The van der Waals surface area contributed by atoms with Crippen molar-refractivity contribution in [2.45, 2.75) is 0 Å². The molecule has 0 spiro atoms. The second-order valence-electron chi connectivity index (χ2n) is 4.34. The van der Waals surface area contributed by atoms with Gasteiger partial charge in [0.25, 0.3) is 0 Å². The van der Waals surface area contributed by atoms with Crippen LogP contribution in [0.25, 0.3) is 11.1 Å². The van der Waals surface area contributed by atoms with E-state index in [2.05, 4.69) is 0 Å². The number of methoxy groups -OCH3 is 1. The Morgan fingerprint density at radius 3 is 2.62 bits per heavy atom. The zero-order chi connectivity index (χ0) is 15.2. The molecule has 1 N–H and O–H groups in total. The average Bonchev–Trinajstić information content (AvgIpc) is 2.47. The monoisotopic (exact) mass is 290 g/mol. The maximum Gasteiger partial charge on any atom is 0.338 e. The summed E-state index contributed by atoms with van der Waals surface area (Å²) < 4.78 is 24.3. The van der Waals surface area contributed by atoms with E-state index in [1.165, 1.54) is 12.1 Å². The maximum absolute atomic E-state index is 13.8. The fourth-order valence-corrected chi connectivity index (χ4v) is 1.92. The van der Waals surface area contributed by atoms with Gasteiger partial charge in [0.05, 0.1) is 12.2 Å². The van der Waals surface area contributed by atoms with E-state index in [4.69, 9.17) is 14.6 Å². The van der Waals surface area contributed by atoms with Gasteiger partial charge in [0.1, 0.15) is 18.2 Å². The quantitative estimate of drug-likeness (QED) is 0.830. The van der Waals surface area contributed by atoms with Crippen molar-refractivity contribution in [1.82, 2.24) is 0 Å². The fourth-order valence-electron chi connectivity index (χ4n) is 1.92. The number of para-hydroxylation sites is 1. The van der Waals surface area contributed by atoms with E-state index in [1.807, 2.05) is 12.1 Å². The molecule has 0 aliphatic carbocycles. The van der Waals surface area contributed by atoms with Crippen molar-refractivity contribution in [3.63, 3.8) is 0 Å². The van der Waals surface area contributed by atoms with Crippen molar-refractivity contribution in [2.75, 3.05) is 20.3 Å². The van der Waals surface area contributed by atoms with E-state index in [-0.39, 0.29) is 5.56 Å². The Hall–Kier alpha value is -2.40. The first kappa shape index (κ1) is 15.0. The van der Waals surface area contributed by atoms with Crippen molar-refractivity contribution in [3.8, 4) is 16.9 Å². The summed E-state index contributed by atoms with van der Waals surface area (Å²) in [5.41, 5.74) is 0.909. The fraction of sp³-hybridized carbons (Fsp3) is 0.188. The predicted octanol–water partition coefficient (Wildman–Crippen LogP) is 3.22. The van der Waals surface area contributed by atoms with E-state index in [0.717, 1.165) is 0 Å². The van der Waals surface area contributed by atoms with Gasteiger partial charge < -0.3 is 14.6 Å². The molecule has 0 amide bonds. The normalized spacial score (nSPS) is 10.4. The number of benzene rings is 2. The molecule has 21 heavy (non-hydrogen) atoms. The molecular weight excluding hydrogens is 275 g/mol. The number of hydrogen-bond acceptors (Lipinski definition) is 3. The lowest BCUT2D eigenvalue weighted by molar-refractivity contribution is 0.0692. The molecule has 110 valence electrons. The molecule has 0 fully saturated rings. The highest BCUT2D eigenvalue weighted by Crippen LogP contribution is 2.30. The summed E-state index contributed by atoms with van der Waals surface area (Å²) in [7, 11) is 1.58. The Morgan fingerprint density at radius 1 is 1.19 bits per heavy atom. The molecule has 4 nitrogen and oxygen atoms in total. The van der Waals surface area contributed by atoms with Crippen LogP contribution in [0.1, 0.15) is 10.4 Å². The second-order valence-corrected chi connectivity index (χ2v) is 4.34. The molecule has 5 heteroatoms. The molecule has 0 aliphatic rings. The van der Waals surface area contributed by atoms with Crippen molar-refractivity contribution in [1.29, 1.82) is 0 Å². The molecule has 2 rings (SSSR count). The minimum absolute atomic E-state index is 0.350. The van der Waals surface area contributed by atoms with Gasteiger partial charge in [-0.05, 0) is 23.8 Å². The molecule has 2 aromatic carbocycles. The summed E-state index contributed by atoms with van der Waals surface area (Å²) in [6.07, 6.45) is 0. The Bertz CT molecular complexity index is 640. The van der Waals surface area contributed by atoms with E-state index < -0.39 is 11.8 Å². The van der Waals surface area contributed by atoms with Gasteiger partial charge in [-0.25, -0.2) is 9.18 Å². The molecule has 0 bridgehead atoms. The maximum atomic E-state index is 13.8. The van der Waals surface area contributed by atoms with Gasteiger partial charge in [-0.3, -0.25) is 0 Å². The van der Waals surface area contributed by atoms with E-state index in [1.54, 1.807) is 25.3 Å². The van der Waals surface area contributed by atoms with Crippen LogP contribution in [0.3, 0.4) is 0 Å². The van der Waals surface area contributed by atoms with E-state index in [0.29, 0.717) is 30.1 Å². The minimum Gasteiger partial charge on any atom is -0.491 e. The number of rotatable bonds is 6. The van der Waals surface area contributed by atoms with E-state index >= 15 is 0 Å². The summed E-state index contributed by atoms with van der Waals surface area (Å²) in [5, 5.41) is 8.85. The third kappa shape index (κ3) is 3.58. The Labute approximate surface area is 121 Å². The standard InChI is InChI=1S/C16H15FO4/c1-20-8-9-21-15-5-3-2-4-12(15)11-6-7-13(16(18)19)14(17)10-11/h2-7,10H,8-9H2,1H3,(H,18,19). The van der Waals surface area contributed by atoms with Gasteiger partial charge in [0.2, 0.25) is 0 Å². The zero-order valence-corrected chi connectivity index (χ0v) is 11.5. The van der Waals surface area contributed by atoms with Crippen LogP contribution in [0.4, 0.5) is 4.39 Å². The molecule has 0 radical (unpaired) electrons. The number of halogens is 1. The van der Waals surface area contributed by atoms with Crippen LogP contribution >= 0.6 is 0 Å². The minimum atomic E-state index is -1.29. The summed E-state index contributed by atoms with van der Waals surface area (Å²) >= 11 is 0. The summed E-state index contributed by atoms with van der Waals surface area (Å²) in [6, 6.07) is 11.2. The van der Waals surface area contributed by atoms with Crippen molar-refractivity contribution < 1.29 is 23.8 Å². The number of carboxylic acid groups (broad SMARTS) is 1. The van der Waals surface area contributed by atoms with Gasteiger partial charge >= 0.3 is 5.97 Å². The molecule has 0 atom stereocenters. The lowest BCUT2D eigenvalue weighted by Crippen LogP contribution is -2.05. The molecule has 0 unspecified atom stereocenters. The Kier molecular flexibility index (Phi) is 4.90. The first-order valence-electron chi connectivity index (χ1n) is 6.37. The third-order valence-electron chi connectivity index (χ3n) is 2.94.